The quantitative estimate of drug-likeness (QED) is 0.811. The maximum absolute atomic E-state index is 12.6. The third-order valence-corrected chi connectivity index (χ3v) is 5.47. The Morgan fingerprint density at radius 3 is 2.22 bits per heavy atom. The second-order valence-corrected chi connectivity index (χ2v) is 7.50. The second-order valence-electron chi connectivity index (χ2n) is 7.50. The molecule has 1 saturated carbocycles. The Morgan fingerprint density at radius 2 is 1.70 bits per heavy atom. The van der Waals surface area contributed by atoms with Gasteiger partial charge >= 0.3 is 0 Å². The van der Waals surface area contributed by atoms with E-state index in [9.17, 15) is 9.59 Å². The number of carbonyl (C=O) groups is 2. The summed E-state index contributed by atoms with van der Waals surface area (Å²) in [6.07, 6.45) is 7.73. The molecule has 0 bridgehead atoms. The monoisotopic (exact) mass is 323 g/mol. The Labute approximate surface area is 140 Å². The molecule has 3 N–H and O–H groups in total. The van der Waals surface area contributed by atoms with Crippen LogP contribution in [-0.2, 0) is 9.59 Å². The number of nitrogens with one attached hydrogen (secondary N) is 1. The van der Waals surface area contributed by atoms with Crippen LogP contribution in [0.15, 0.2) is 0 Å². The van der Waals surface area contributed by atoms with E-state index in [1.807, 2.05) is 18.7 Å². The van der Waals surface area contributed by atoms with Gasteiger partial charge in [-0.3, -0.25) is 9.59 Å². The van der Waals surface area contributed by atoms with Crippen molar-refractivity contribution in [2.45, 2.75) is 64.8 Å². The van der Waals surface area contributed by atoms with Crippen LogP contribution >= 0.6 is 0 Å². The van der Waals surface area contributed by atoms with Crippen molar-refractivity contribution >= 4 is 11.8 Å². The number of nitrogens with two attached hydrogens (primary N) is 1. The van der Waals surface area contributed by atoms with Gasteiger partial charge in [0, 0.05) is 37.5 Å². The largest absolute Gasteiger partial charge is 0.352 e. The van der Waals surface area contributed by atoms with Gasteiger partial charge in [0.1, 0.15) is 0 Å². The first kappa shape index (κ1) is 18.2. The van der Waals surface area contributed by atoms with E-state index in [2.05, 4.69) is 5.32 Å². The molecule has 1 unspecified atom stereocenters. The van der Waals surface area contributed by atoms with E-state index in [-0.39, 0.29) is 29.7 Å². The van der Waals surface area contributed by atoms with E-state index in [1.54, 1.807) is 0 Å². The van der Waals surface area contributed by atoms with Gasteiger partial charge in [-0.05, 0) is 31.6 Å². The standard InChI is InChI=1S/C18H33N3O2/c1-13(2)18(23)21-10-8-15(9-11-21)17(22)20-16(12-19)14-6-4-3-5-7-14/h13-16H,3-12,19H2,1-2H3,(H,20,22). The minimum atomic E-state index is 0.0313. The summed E-state index contributed by atoms with van der Waals surface area (Å²) in [4.78, 5) is 26.5. The van der Waals surface area contributed by atoms with Gasteiger partial charge in [0.05, 0.1) is 0 Å². The average molecular weight is 323 g/mol. The van der Waals surface area contributed by atoms with E-state index in [1.165, 1.54) is 32.1 Å². The summed E-state index contributed by atoms with van der Waals surface area (Å²) in [5, 5.41) is 3.21. The zero-order chi connectivity index (χ0) is 16.8. The van der Waals surface area contributed by atoms with Crippen molar-refractivity contribution in [2.24, 2.45) is 23.5 Å². The Kier molecular flexibility index (Phi) is 6.88. The summed E-state index contributed by atoms with van der Waals surface area (Å²) >= 11 is 0. The molecule has 0 radical (unpaired) electrons. The van der Waals surface area contributed by atoms with E-state index >= 15 is 0 Å². The molecule has 1 atom stereocenters. The number of hydrogen-bond donors (Lipinski definition) is 2. The van der Waals surface area contributed by atoms with Crippen LogP contribution in [-0.4, -0.2) is 42.4 Å². The van der Waals surface area contributed by atoms with Crippen LogP contribution in [0.3, 0.4) is 0 Å². The molecular formula is C18H33N3O2. The third-order valence-electron chi connectivity index (χ3n) is 5.47. The summed E-state index contributed by atoms with van der Waals surface area (Å²) < 4.78 is 0. The minimum absolute atomic E-state index is 0.0313. The van der Waals surface area contributed by atoms with Gasteiger partial charge in [0.25, 0.3) is 0 Å². The maximum atomic E-state index is 12.6. The summed E-state index contributed by atoms with van der Waals surface area (Å²) in [6, 6.07) is 0.123. The Bertz CT molecular complexity index is 397. The lowest BCUT2D eigenvalue weighted by Crippen LogP contribution is -2.50. The van der Waals surface area contributed by atoms with Crippen LogP contribution in [0.1, 0.15) is 58.8 Å². The Hall–Kier alpha value is -1.10. The van der Waals surface area contributed by atoms with Gasteiger partial charge in [-0.15, -0.1) is 0 Å². The van der Waals surface area contributed by atoms with Crippen molar-refractivity contribution in [1.29, 1.82) is 0 Å². The van der Waals surface area contributed by atoms with Crippen LogP contribution in [0.2, 0.25) is 0 Å². The summed E-state index contributed by atoms with van der Waals surface area (Å²) in [5.41, 5.74) is 5.91. The maximum Gasteiger partial charge on any atom is 0.225 e. The lowest BCUT2D eigenvalue weighted by molar-refractivity contribution is -0.138. The van der Waals surface area contributed by atoms with Gasteiger partial charge in [0.15, 0.2) is 0 Å². The Morgan fingerprint density at radius 1 is 1.09 bits per heavy atom. The number of carbonyl (C=O) groups excluding carboxylic acids is 2. The lowest BCUT2D eigenvalue weighted by atomic mass is 9.83. The number of likely N-dealkylation sites (tertiary alicyclic amines) is 1. The first-order valence-electron chi connectivity index (χ1n) is 9.32. The van der Waals surface area contributed by atoms with Gasteiger partial charge in [-0.1, -0.05) is 33.1 Å². The van der Waals surface area contributed by atoms with Crippen LogP contribution in [0.5, 0.6) is 0 Å². The molecule has 1 aliphatic carbocycles. The zero-order valence-corrected chi connectivity index (χ0v) is 14.7. The molecule has 132 valence electrons. The predicted molar refractivity (Wildman–Crippen MR) is 91.7 cm³/mol. The van der Waals surface area contributed by atoms with E-state index in [4.69, 9.17) is 5.73 Å². The van der Waals surface area contributed by atoms with Gasteiger partial charge in [0.2, 0.25) is 11.8 Å². The van der Waals surface area contributed by atoms with Crippen molar-refractivity contribution < 1.29 is 9.59 Å². The molecule has 2 rings (SSSR count). The number of nitrogens with zero attached hydrogens (tertiary/aromatic N) is 1. The van der Waals surface area contributed by atoms with Crippen LogP contribution in [0.4, 0.5) is 0 Å². The molecule has 0 aromatic rings. The van der Waals surface area contributed by atoms with E-state index < -0.39 is 0 Å². The van der Waals surface area contributed by atoms with Gasteiger partial charge in [-0.2, -0.15) is 0 Å². The molecule has 5 heteroatoms. The SMILES string of the molecule is CC(C)C(=O)N1CCC(C(=O)NC(CN)C2CCCCC2)CC1. The molecule has 0 aromatic heterocycles. The molecule has 1 aliphatic heterocycles. The number of piperidine rings is 1. The molecule has 2 aliphatic rings. The first-order valence-corrected chi connectivity index (χ1v) is 9.32. The highest BCUT2D eigenvalue weighted by molar-refractivity contribution is 5.81. The predicted octanol–water partition coefficient (Wildman–Crippen LogP) is 1.90. The van der Waals surface area contributed by atoms with Crippen LogP contribution in [0, 0.1) is 17.8 Å². The fourth-order valence-electron chi connectivity index (χ4n) is 3.93. The molecule has 1 saturated heterocycles. The van der Waals surface area contributed by atoms with Crippen LogP contribution in [0.25, 0.3) is 0 Å². The topological polar surface area (TPSA) is 75.4 Å². The van der Waals surface area contributed by atoms with Gasteiger partial charge < -0.3 is 16.0 Å². The van der Waals surface area contributed by atoms with Gasteiger partial charge in [-0.25, -0.2) is 0 Å². The first-order chi connectivity index (χ1) is 11.0. The zero-order valence-electron chi connectivity index (χ0n) is 14.7. The number of rotatable bonds is 5. The summed E-state index contributed by atoms with van der Waals surface area (Å²) in [5.74, 6) is 0.950. The molecule has 0 spiro atoms. The fraction of sp³-hybridized carbons (Fsp3) is 0.889. The summed E-state index contributed by atoms with van der Waals surface area (Å²) in [6.45, 7) is 5.78. The highest BCUT2D eigenvalue weighted by Gasteiger charge is 2.31. The smallest absolute Gasteiger partial charge is 0.225 e. The lowest BCUT2D eigenvalue weighted by Gasteiger charge is -2.35. The van der Waals surface area contributed by atoms with E-state index in [0.29, 0.717) is 25.6 Å². The molecule has 2 amide bonds. The molecular weight excluding hydrogens is 290 g/mol. The molecule has 23 heavy (non-hydrogen) atoms. The van der Waals surface area contributed by atoms with Crippen molar-refractivity contribution in [3.8, 4) is 0 Å². The van der Waals surface area contributed by atoms with Crippen molar-refractivity contribution in [2.75, 3.05) is 19.6 Å². The molecule has 1 heterocycles. The molecule has 5 nitrogen and oxygen atoms in total. The number of hydrogen-bond acceptors (Lipinski definition) is 3. The fourth-order valence-corrected chi connectivity index (χ4v) is 3.93. The van der Waals surface area contributed by atoms with E-state index in [0.717, 1.165) is 12.8 Å². The van der Waals surface area contributed by atoms with Crippen molar-refractivity contribution in [1.82, 2.24) is 10.2 Å². The highest BCUT2D eigenvalue weighted by Crippen LogP contribution is 2.27. The molecule has 0 aromatic carbocycles. The van der Waals surface area contributed by atoms with Crippen LogP contribution < -0.4 is 11.1 Å². The van der Waals surface area contributed by atoms with Crippen molar-refractivity contribution in [3.05, 3.63) is 0 Å². The normalized spacial score (nSPS) is 22.2. The Balaban J connectivity index is 1.80. The minimum Gasteiger partial charge on any atom is -0.352 e. The second kappa shape index (κ2) is 8.67. The summed E-state index contributed by atoms with van der Waals surface area (Å²) in [7, 11) is 0. The third kappa shape index (κ3) is 4.93. The number of amides is 2. The van der Waals surface area contributed by atoms with Crippen molar-refractivity contribution in [3.63, 3.8) is 0 Å². The molecule has 2 fully saturated rings. The average Bonchev–Trinajstić information content (AvgIpc) is 2.59. The highest BCUT2D eigenvalue weighted by atomic mass is 16.2.